The van der Waals surface area contributed by atoms with Crippen molar-refractivity contribution in [2.75, 3.05) is 18.8 Å². The van der Waals surface area contributed by atoms with Gasteiger partial charge in [-0.1, -0.05) is 6.92 Å². The maximum Gasteiger partial charge on any atom is 0.327 e. The third-order valence-corrected chi connectivity index (χ3v) is 5.08. The Morgan fingerprint density at radius 3 is 2.83 bits per heavy atom. The van der Waals surface area contributed by atoms with E-state index in [4.69, 9.17) is 0 Å². The number of piperidine rings is 1. The zero-order chi connectivity index (χ0) is 13.1. The van der Waals surface area contributed by atoms with Crippen molar-refractivity contribution in [2.24, 2.45) is 5.92 Å². The first kappa shape index (κ1) is 13.7. The average molecular weight is 272 g/mol. The molecule has 5 nitrogen and oxygen atoms in total. The number of thioether (sulfide) groups is 1. The van der Waals surface area contributed by atoms with Crippen molar-refractivity contribution in [3.63, 3.8) is 0 Å². The second-order valence-corrected chi connectivity index (χ2v) is 6.05. The Balaban J connectivity index is 2.10. The second kappa shape index (κ2) is 5.93. The van der Waals surface area contributed by atoms with Gasteiger partial charge in [0.1, 0.15) is 6.04 Å². The van der Waals surface area contributed by atoms with Crippen LogP contribution < -0.4 is 5.32 Å². The smallest absolute Gasteiger partial charge is 0.327 e. The molecule has 3 atom stereocenters. The monoisotopic (exact) mass is 272 g/mol. The molecule has 2 fully saturated rings. The number of hydrogen-bond acceptors (Lipinski definition) is 4. The predicted molar refractivity (Wildman–Crippen MR) is 70.4 cm³/mol. The number of carboxylic acid groups (broad SMARTS) is 1. The summed E-state index contributed by atoms with van der Waals surface area (Å²) in [6, 6.07) is -0.644. The molecule has 0 bridgehead atoms. The van der Waals surface area contributed by atoms with Gasteiger partial charge in [0, 0.05) is 12.3 Å². The fourth-order valence-electron chi connectivity index (χ4n) is 2.64. The fourth-order valence-corrected chi connectivity index (χ4v) is 3.99. The molecule has 2 N–H and O–H groups in total. The van der Waals surface area contributed by atoms with Crippen LogP contribution in [0.15, 0.2) is 0 Å². The van der Waals surface area contributed by atoms with Gasteiger partial charge >= 0.3 is 5.97 Å². The number of hydrogen-bond donors (Lipinski definition) is 2. The van der Waals surface area contributed by atoms with Crippen molar-refractivity contribution in [3.8, 4) is 0 Å². The Morgan fingerprint density at radius 2 is 2.28 bits per heavy atom. The van der Waals surface area contributed by atoms with Crippen LogP contribution in [0.4, 0.5) is 0 Å². The van der Waals surface area contributed by atoms with E-state index in [2.05, 4.69) is 5.32 Å². The molecular weight excluding hydrogens is 252 g/mol. The van der Waals surface area contributed by atoms with Crippen molar-refractivity contribution in [3.05, 3.63) is 0 Å². The molecular formula is C12H20N2O3S. The number of carbonyl (C=O) groups excluding carboxylic acids is 1. The molecule has 0 radical (unpaired) electrons. The lowest BCUT2D eigenvalue weighted by molar-refractivity contribution is -0.151. The molecule has 1 amide bonds. The first-order valence-corrected chi connectivity index (χ1v) is 7.57. The number of nitrogens with one attached hydrogen (secondary N) is 1. The molecule has 0 aromatic rings. The van der Waals surface area contributed by atoms with E-state index in [1.54, 1.807) is 16.7 Å². The standard InChI is InChI=1S/C12H20N2O3S/c1-2-10-14(9(7-18-10)12(16)17)11(15)8-4-3-5-13-6-8/h8-10,13H,2-7H2,1H3,(H,16,17). The Hall–Kier alpha value is -0.750. The number of nitrogens with zero attached hydrogens (tertiary/aromatic N) is 1. The minimum absolute atomic E-state index is 0.0199. The van der Waals surface area contributed by atoms with Crippen LogP contribution in [0.25, 0.3) is 0 Å². The number of amides is 1. The van der Waals surface area contributed by atoms with Crippen LogP contribution in [0.2, 0.25) is 0 Å². The summed E-state index contributed by atoms with van der Waals surface area (Å²) in [5.41, 5.74) is 0. The van der Waals surface area contributed by atoms with E-state index in [1.807, 2.05) is 6.92 Å². The largest absolute Gasteiger partial charge is 0.480 e. The van der Waals surface area contributed by atoms with Crippen LogP contribution >= 0.6 is 11.8 Å². The summed E-state index contributed by atoms with van der Waals surface area (Å²) in [6.45, 7) is 3.64. The van der Waals surface area contributed by atoms with Crippen LogP contribution in [0.5, 0.6) is 0 Å². The van der Waals surface area contributed by atoms with Crippen LogP contribution in [0, 0.1) is 5.92 Å². The Labute approximate surface area is 111 Å². The van der Waals surface area contributed by atoms with Gasteiger partial charge in [-0.2, -0.15) is 0 Å². The SMILES string of the molecule is CCC1SCC(C(=O)O)N1C(=O)C1CCCNC1. The summed E-state index contributed by atoms with van der Waals surface area (Å²) >= 11 is 1.58. The molecule has 3 unspecified atom stereocenters. The predicted octanol–water partition coefficient (Wildman–Crippen LogP) is 0.751. The van der Waals surface area contributed by atoms with E-state index in [0.29, 0.717) is 12.3 Å². The minimum atomic E-state index is -0.879. The van der Waals surface area contributed by atoms with Crippen molar-refractivity contribution >= 4 is 23.6 Å². The van der Waals surface area contributed by atoms with Gasteiger partial charge in [0.05, 0.1) is 11.3 Å². The quantitative estimate of drug-likeness (QED) is 0.793. The highest BCUT2D eigenvalue weighted by Crippen LogP contribution is 2.33. The highest BCUT2D eigenvalue weighted by atomic mass is 32.2. The molecule has 2 aliphatic heterocycles. The topological polar surface area (TPSA) is 69.6 Å². The third kappa shape index (κ3) is 2.64. The van der Waals surface area contributed by atoms with Gasteiger partial charge in [-0.05, 0) is 25.8 Å². The molecule has 18 heavy (non-hydrogen) atoms. The molecule has 2 aliphatic rings. The van der Waals surface area contributed by atoms with Crippen LogP contribution in [0.1, 0.15) is 26.2 Å². The summed E-state index contributed by atoms with van der Waals surface area (Å²) in [6.07, 6.45) is 2.67. The molecule has 102 valence electrons. The molecule has 2 saturated heterocycles. The molecule has 0 saturated carbocycles. The lowest BCUT2D eigenvalue weighted by Crippen LogP contribution is -2.50. The third-order valence-electron chi connectivity index (χ3n) is 3.63. The van der Waals surface area contributed by atoms with E-state index in [9.17, 15) is 14.7 Å². The van der Waals surface area contributed by atoms with Crippen LogP contribution in [0.3, 0.4) is 0 Å². The van der Waals surface area contributed by atoms with E-state index in [0.717, 1.165) is 25.8 Å². The van der Waals surface area contributed by atoms with Gasteiger partial charge < -0.3 is 15.3 Å². The summed E-state index contributed by atoms with van der Waals surface area (Å²) in [7, 11) is 0. The lowest BCUT2D eigenvalue weighted by atomic mass is 9.97. The average Bonchev–Trinajstić information content (AvgIpc) is 2.82. The number of aliphatic carboxylic acids is 1. The molecule has 0 spiro atoms. The number of rotatable bonds is 3. The van der Waals surface area contributed by atoms with E-state index in [-0.39, 0.29) is 17.2 Å². The van der Waals surface area contributed by atoms with Crippen molar-refractivity contribution in [2.45, 2.75) is 37.6 Å². The summed E-state index contributed by atoms with van der Waals surface area (Å²) < 4.78 is 0. The van der Waals surface area contributed by atoms with Gasteiger partial charge in [0.15, 0.2) is 0 Å². The Bertz CT molecular complexity index is 331. The molecule has 2 heterocycles. The highest BCUT2D eigenvalue weighted by Gasteiger charge is 2.42. The number of carboxylic acids is 1. The summed E-state index contributed by atoms with van der Waals surface area (Å²) in [5, 5.41) is 12.5. The zero-order valence-electron chi connectivity index (χ0n) is 10.6. The molecule has 2 rings (SSSR count). The van der Waals surface area contributed by atoms with Crippen LogP contribution in [-0.2, 0) is 9.59 Å². The van der Waals surface area contributed by atoms with E-state index >= 15 is 0 Å². The normalized spacial score (nSPS) is 32.5. The molecule has 0 aromatic carbocycles. The lowest BCUT2D eigenvalue weighted by Gasteiger charge is -2.32. The maximum atomic E-state index is 12.5. The van der Waals surface area contributed by atoms with Gasteiger partial charge in [-0.3, -0.25) is 4.79 Å². The van der Waals surface area contributed by atoms with Gasteiger partial charge in [-0.15, -0.1) is 11.8 Å². The fraction of sp³-hybridized carbons (Fsp3) is 0.833. The van der Waals surface area contributed by atoms with Gasteiger partial charge in [-0.25, -0.2) is 4.79 Å². The summed E-state index contributed by atoms with van der Waals surface area (Å²) in [5.74, 6) is -0.393. The first-order chi connectivity index (χ1) is 8.65. The van der Waals surface area contributed by atoms with Crippen LogP contribution in [-0.4, -0.2) is 52.1 Å². The van der Waals surface area contributed by atoms with E-state index in [1.165, 1.54) is 0 Å². The molecule has 0 aromatic heterocycles. The molecule has 0 aliphatic carbocycles. The maximum absolute atomic E-state index is 12.5. The van der Waals surface area contributed by atoms with Gasteiger partial charge in [0.25, 0.3) is 0 Å². The second-order valence-electron chi connectivity index (χ2n) is 4.84. The van der Waals surface area contributed by atoms with Crippen molar-refractivity contribution in [1.29, 1.82) is 0 Å². The van der Waals surface area contributed by atoms with Crippen molar-refractivity contribution < 1.29 is 14.7 Å². The van der Waals surface area contributed by atoms with Gasteiger partial charge in [0.2, 0.25) is 5.91 Å². The number of carbonyl (C=O) groups is 2. The molecule has 6 heteroatoms. The first-order valence-electron chi connectivity index (χ1n) is 6.52. The van der Waals surface area contributed by atoms with Crippen molar-refractivity contribution in [1.82, 2.24) is 10.2 Å². The highest BCUT2D eigenvalue weighted by molar-refractivity contribution is 8.00. The van der Waals surface area contributed by atoms with E-state index < -0.39 is 12.0 Å². The minimum Gasteiger partial charge on any atom is -0.480 e. The Morgan fingerprint density at radius 1 is 1.50 bits per heavy atom. The Kier molecular flexibility index (Phi) is 4.50. The summed E-state index contributed by atoms with van der Waals surface area (Å²) in [4.78, 5) is 25.3. The zero-order valence-corrected chi connectivity index (χ0v) is 11.4.